The molecule has 1 aromatic heterocycles. The van der Waals surface area contributed by atoms with Crippen LogP contribution < -0.4 is 5.73 Å². The van der Waals surface area contributed by atoms with Crippen LogP contribution in [0.15, 0.2) is 12.5 Å². The Hall–Kier alpha value is -1.36. The average molecular weight is 222 g/mol. The van der Waals surface area contributed by atoms with Gasteiger partial charge in [-0.05, 0) is 19.8 Å². The zero-order chi connectivity index (χ0) is 11.5. The lowest BCUT2D eigenvalue weighted by molar-refractivity contribution is -0.130. The molecule has 0 saturated carbocycles. The van der Waals surface area contributed by atoms with Crippen molar-refractivity contribution in [2.75, 3.05) is 13.1 Å². The van der Waals surface area contributed by atoms with Crippen molar-refractivity contribution in [3.63, 3.8) is 0 Å². The Labute approximate surface area is 95.2 Å². The second-order valence-corrected chi connectivity index (χ2v) is 4.32. The van der Waals surface area contributed by atoms with Crippen LogP contribution in [0.3, 0.4) is 0 Å². The third-order valence-corrected chi connectivity index (χ3v) is 2.98. The summed E-state index contributed by atoms with van der Waals surface area (Å²) in [6.07, 6.45) is 5.64. The SMILES string of the molecule is C[C@@H](N)c1cncn1CC(=O)N1CCCC1. The van der Waals surface area contributed by atoms with E-state index >= 15 is 0 Å². The number of amides is 1. The molecule has 16 heavy (non-hydrogen) atoms. The van der Waals surface area contributed by atoms with Gasteiger partial charge in [0.25, 0.3) is 0 Å². The van der Waals surface area contributed by atoms with Gasteiger partial charge in [-0.1, -0.05) is 0 Å². The fourth-order valence-electron chi connectivity index (χ4n) is 2.05. The summed E-state index contributed by atoms with van der Waals surface area (Å²) in [4.78, 5) is 17.9. The quantitative estimate of drug-likeness (QED) is 0.811. The number of imidazole rings is 1. The number of hydrogen-bond donors (Lipinski definition) is 1. The summed E-state index contributed by atoms with van der Waals surface area (Å²) < 4.78 is 1.84. The van der Waals surface area contributed by atoms with Crippen LogP contribution in [-0.2, 0) is 11.3 Å². The molecular formula is C11H18N4O. The van der Waals surface area contributed by atoms with E-state index in [0.29, 0.717) is 6.54 Å². The monoisotopic (exact) mass is 222 g/mol. The predicted molar refractivity (Wildman–Crippen MR) is 60.6 cm³/mol. The van der Waals surface area contributed by atoms with Crippen molar-refractivity contribution in [1.82, 2.24) is 14.5 Å². The minimum absolute atomic E-state index is 0.0890. The van der Waals surface area contributed by atoms with Crippen LogP contribution in [0.2, 0.25) is 0 Å². The van der Waals surface area contributed by atoms with Crippen molar-refractivity contribution in [2.24, 2.45) is 5.73 Å². The molecule has 2 heterocycles. The van der Waals surface area contributed by atoms with Crippen molar-refractivity contribution in [3.05, 3.63) is 18.2 Å². The number of rotatable bonds is 3. The molecule has 2 N–H and O–H groups in total. The molecule has 0 radical (unpaired) electrons. The second-order valence-electron chi connectivity index (χ2n) is 4.32. The van der Waals surface area contributed by atoms with Gasteiger partial charge in [0.1, 0.15) is 6.54 Å². The molecule has 0 bridgehead atoms. The highest BCUT2D eigenvalue weighted by Crippen LogP contribution is 2.11. The van der Waals surface area contributed by atoms with Gasteiger partial charge in [0.15, 0.2) is 0 Å². The maximum absolute atomic E-state index is 11.9. The summed E-state index contributed by atoms with van der Waals surface area (Å²) in [6, 6.07) is -0.0890. The molecule has 0 unspecified atom stereocenters. The van der Waals surface area contributed by atoms with Crippen LogP contribution in [-0.4, -0.2) is 33.4 Å². The maximum atomic E-state index is 11.9. The van der Waals surface area contributed by atoms with Gasteiger partial charge >= 0.3 is 0 Å². The van der Waals surface area contributed by atoms with Crippen LogP contribution in [0.1, 0.15) is 31.5 Å². The lowest BCUT2D eigenvalue weighted by atomic mass is 10.3. The first-order chi connectivity index (χ1) is 7.68. The Morgan fingerprint density at radius 3 is 2.88 bits per heavy atom. The van der Waals surface area contributed by atoms with E-state index in [2.05, 4.69) is 4.98 Å². The summed E-state index contributed by atoms with van der Waals surface area (Å²) in [6.45, 7) is 4.03. The molecule has 1 fully saturated rings. The van der Waals surface area contributed by atoms with Crippen molar-refractivity contribution < 1.29 is 4.79 Å². The highest BCUT2D eigenvalue weighted by Gasteiger charge is 2.19. The fraction of sp³-hybridized carbons (Fsp3) is 0.636. The van der Waals surface area contributed by atoms with Crippen molar-refractivity contribution in [1.29, 1.82) is 0 Å². The van der Waals surface area contributed by atoms with Crippen LogP contribution in [0.25, 0.3) is 0 Å². The zero-order valence-electron chi connectivity index (χ0n) is 9.59. The minimum Gasteiger partial charge on any atom is -0.341 e. The number of carbonyl (C=O) groups excluding carboxylic acids is 1. The largest absolute Gasteiger partial charge is 0.341 e. The molecular weight excluding hydrogens is 204 g/mol. The normalized spacial score (nSPS) is 17.8. The zero-order valence-corrected chi connectivity index (χ0v) is 9.59. The molecule has 1 aliphatic rings. The van der Waals surface area contributed by atoms with Gasteiger partial charge < -0.3 is 15.2 Å². The topological polar surface area (TPSA) is 64.1 Å². The van der Waals surface area contributed by atoms with E-state index in [4.69, 9.17) is 5.73 Å². The number of hydrogen-bond acceptors (Lipinski definition) is 3. The lowest BCUT2D eigenvalue weighted by Crippen LogP contribution is -2.31. The first-order valence-electron chi connectivity index (χ1n) is 5.72. The molecule has 88 valence electrons. The van der Waals surface area contributed by atoms with E-state index in [1.165, 1.54) is 0 Å². The van der Waals surface area contributed by atoms with E-state index in [9.17, 15) is 4.79 Å². The molecule has 1 aliphatic heterocycles. The van der Waals surface area contributed by atoms with Gasteiger partial charge in [0, 0.05) is 25.3 Å². The molecule has 2 rings (SSSR count). The maximum Gasteiger partial charge on any atom is 0.242 e. The van der Waals surface area contributed by atoms with E-state index < -0.39 is 0 Å². The van der Waals surface area contributed by atoms with E-state index in [-0.39, 0.29) is 11.9 Å². The summed E-state index contributed by atoms with van der Waals surface area (Å²) in [5, 5.41) is 0. The average Bonchev–Trinajstić information content (AvgIpc) is 2.86. The standard InChI is InChI=1S/C11H18N4O/c1-9(12)10-6-13-8-15(10)7-11(16)14-4-2-3-5-14/h6,8-9H,2-5,7,12H2,1H3/t9-/m1/s1. The molecule has 0 spiro atoms. The highest BCUT2D eigenvalue weighted by atomic mass is 16.2. The molecule has 1 atom stereocenters. The summed E-state index contributed by atoms with van der Waals surface area (Å²) >= 11 is 0. The Balaban J connectivity index is 2.02. The van der Waals surface area contributed by atoms with E-state index in [0.717, 1.165) is 31.6 Å². The highest BCUT2D eigenvalue weighted by molar-refractivity contribution is 5.76. The molecule has 1 aromatic rings. The first-order valence-corrected chi connectivity index (χ1v) is 5.72. The van der Waals surface area contributed by atoms with Crippen molar-refractivity contribution in [2.45, 2.75) is 32.4 Å². The third-order valence-electron chi connectivity index (χ3n) is 2.98. The Morgan fingerprint density at radius 2 is 2.25 bits per heavy atom. The van der Waals surface area contributed by atoms with Crippen LogP contribution in [0.5, 0.6) is 0 Å². The smallest absolute Gasteiger partial charge is 0.242 e. The first kappa shape index (κ1) is 11.1. The number of carbonyl (C=O) groups is 1. The van der Waals surface area contributed by atoms with E-state index in [1.807, 2.05) is 16.4 Å². The Bertz CT molecular complexity index is 366. The molecule has 1 saturated heterocycles. The summed E-state index contributed by atoms with van der Waals surface area (Å²) in [5.74, 6) is 0.164. The second kappa shape index (κ2) is 4.65. The fourth-order valence-corrected chi connectivity index (χ4v) is 2.05. The number of nitrogens with two attached hydrogens (primary N) is 1. The third kappa shape index (κ3) is 2.24. The lowest BCUT2D eigenvalue weighted by Gasteiger charge is -2.17. The van der Waals surface area contributed by atoms with Crippen molar-refractivity contribution >= 4 is 5.91 Å². The van der Waals surface area contributed by atoms with Crippen LogP contribution in [0, 0.1) is 0 Å². The number of likely N-dealkylation sites (tertiary alicyclic amines) is 1. The Kier molecular flexibility index (Phi) is 3.24. The number of aromatic nitrogens is 2. The molecule has 5 heteroatoms. The van der Waals surface area contributed by atoms with Gasteiger partial charge in [-0.2, -0.15) is 0 Å². The van der Waals surface area contributed by atoms with Gasteiger partial charge in [-0.25, -0.2) is 4.98 Å². The van der Waals surface area contributed by atoms with Crippen LogP contribution >= 0.6 is 0 Å². The Morgan fingerprint density at radius 1 is 1.56 bits per heavy atom. The van der Waals surface area contributed by atoms with Gasteiger partial charge in [0.2, 0.25) is 5.91 Å². The predicted octanol–water partition coefficient (Wildman–Crippen LogP) is 0.525. The molecule has 5 nitrogen and oxygen atoms in total. The van der Waals surface area contributed by atoms with Gasteiger partial charge in [0.05, 0.1) is 12.0 Å². The van der Waals surface area contributed by atoms with Crippen LogP contribution in [0.4, 0.5) is 0 Å². The van der Waals surface area contributed by atoms with Crippen molar-refractivity contribution in [3.8, 4) is 0 Å². The van der Waals surface area contributed by atoms with Gasteiger partial charge in [-0.15, -0.1) is 0 Å². The molecule has 1 amide bonds. The molecule has 0 aliphatic carbocycles. The van der Waals surface area contributed by atoms with E-state index in [1.54, 1.807) is 12.5 Å². The minimum atomic E-state index is -0.0890. The molecule has 0 aromatic carbocycles. The summed E-state index contributed by atoms with van der Waals surface area (Å²) in [5.41, 5.74) is 6.71. The number of nitrogens with zero attached hydrogens (tertiary/aromatic N) is 3. The van der Waals surface area contributed by atoms with Gasteiger partial charge in [-0.3, -0.25) is 4.79 Å². The summed E-state index contributed by atoms with van der Waals surface area (Å²) in [7, 11) is 0.